The van der Waals surface area contributed by atoms with Crippen LogP contribution in [-0.4, -0.2) is 50.7 Å². The Balaban J connectivity index is 1.63. The first-order chi connectivity index (χ1) is 11.6. The zero-order valence-electron chi connectivity index (χ0n) is 12.5. The van der Waals surface area contributed by atoms with Crippen LogP contribution in [0, 0.1) is 11.3 Å². The zero-order valence-corrected chi connectivity index (χ0v) is 12.5. The van der Waals surface area contributed by atoms with Crippen molar-refractivity contribution in [2.75, 3.05) is 6.61 Å². The fraction of sp³-hybridized carbons (Fsp3) is 0.312. The lowest BCUT2D eigenvalue weighted by molar-refractivity contribution is -0.0579. The van der Waals surface area contributed by atoms with Gasteiger partial charge in [-0.15, -0.1) is 0 Å². The minimum atomic E-state index is -1.23. The third-order valence-corrected chi connectivity index (χ3v) is 3.74. The number of carbonyl (C=O) groups is 1. The van der Waals surface area contributed by atoms with Gasteiger partial charge in [-0.25, -0.2) is 9.78 Å². The lowest BCUT2D eigenvalue weighted by Crippen LogP contribution is -2.34. The number of benzene rings is 1. The normalized spacial score (nSPS) is 26.0. The van der Waals surface area contributed by atoms with E-state index < -0.39 is 30.5 Å². The van der Waals surface area contributed by atoms with Crippen LogP contribution in [0.5, 0.6) is 0 Å². The second kappa shape index (κ2) is 6.80. The molecule has 2 heterocycles. The highest BCUT2D eigenvalue weighted by Gasteiger charge is 2.44. The minimum absolute atomic E-state index is 0.166. The minimum Gasteiger partial charge on any atom is -0.459 e. The summed E-state index contributed by atoms with van der Waals surface area (Å²) in [5.74, 6) is -0.543. The van der Waals surface area contributed by atoms with E-state index in [2.05, 4.69) is 4.98 Å². The third-order valence-electron chi connectivity index (χ3n) is 3.74. The van der Waals surface area contributed by atoms with Crippen LogP contribution in [0.15, 0.2) is 42.9 Å². The SMILES string of the molecule is N#Cc1cn([C@@H]2O[C@H](COC(=O)c3ccccc3)[C@@H](O)[C@H]2O)cn1. The van der Waals surface area contributed by atoms with Crippen LogP contribution in [0.25, 0.3) is 0 Å². The molecule has 0 bridgehead atoms. The predicted molar refractivity (Wildman–Crippen MR) is 79.6 cm³/mol. The van der Waals surface area contributed by atoms with Crippen molar-refractivity contribution in [2.24, 2.45) is 0 Å². The monoisotopic (exact) mass is 329 g/mol. The molecule has 1 fully saturated rings. The first-order valence-electron chi connectivity index (χ1n) is 7.27. The number of hydrogen-bond acceptors (Lipinski definition) is 7. The lowest BCUT2D eigenvalue weighted by Gasteiger charge is -2.15. The number of aromatic nitrogens is 2. The van der Waals surface area contributed by atoms with Gasteiger partial charge < -0.3 is 24.3 Å². The third kappa shape index (κ3) is 3.14. The first-order valence-corrected chi connectivity index (χ1v) is 7.27. The quantitative estimate of drug-likeness (QED) is 0.771. The predicted octanol–water partition coefficient (Wildman–Crippen LogP) is 0.231. The molecular weight excluding hydrogens is 314 g/mol. The molecule has 8 nitrogen and oxygen atoms in total. The number of rotatable bonds is 4. The average molecular weight is 329 g/mol. The number of imidazole rings is 1. The highest BCUT2D eigenvalue weighted by atomic mass is 16.6. The molecule has 2 N–H and O–H groups in total. The molecule has 0 radical (unpaired) electrons. The fourth-order valence-electron chi connectivity index (χ4n) is 2.46. The van der Waals surface area contributed by atoms with Crippen molar-refractivity contribution in [1.29, 1.82) is 5.26 Å². The lowest BCUT2D eigenvalue weighted by atomic mass is 10.1. The van der Waals surface area contributed by atoms with Gasteiger partial charge in [0.2, 0.25) is 0 Å². The highest BCUT2D eigenvalue weighted by Crippen LogP contribution is 2.29. The van der Waals surface area contributed by atoms with Crippen LogP contribution in [0.2, 0.25) is 0 Å². The smallest absolute Gasteiger partial charge is 0.338 e. The molecule has 0 saturated carbocycles. The van der Waals surface area contributed by atoms with Crippen molar-refractivity contribution in [3.8, 4) is 6.07 Å². The Morgan fingerprint density at radius 3 is 2.75 bits per heavy atom. The van der Waals surface area contributed by atoms with Gasteiger partial charge in [0, 0.05) is 6.20 Å². The van der Waals surface area contributed by atoms with Crippen molar-refractivity contribution in [1.82, 2.24) is 9.55 Å². The van der Waals surface area contributed by atoms with E-state index in [4.69, 9.17) is 14.7 Å². The molecule has 0 spiro atoms. The van der Waals surface area contributed by atoms with Crippen LogP contribution in [0.1, 0.15) is 22.3 Å². The van der Waals surface area contributed by atoms with Crippen LogP contribution < -0.4 is 0 Å². The zero-order chi connectivity index (χ0) is 17.1. The molecule has 1 saturated heterocycles. The maximum Gasteiger partial charge on any atom is 0.338 e. The van der Waals surface area contributed by atoms with Crippen LogP contribution in [0.3, 0.4) is 0 Å². The molecule has 0 unspecified atom stereocenters. The Morgan fingerprint density at radius 1 is 1.33 bits per heavy atom. The molecule has 1 aromatic heterocycles. The molecule has 0 amide bonds. The van der Waals surface area contributed by atoms with Gasteiger partial charge >= 0.3 is 5.97 Å². The van der Waals surface area contributed by atoms with Gasteiger partial charge in [-0.2, -0.15) is 5.26 Å². The summed E-state index contributed by atoms with van der Waals surface area (Å²) in [5.41, 5.74) is 0.551. The van der Waals surface area contributed by atoms with E-state index in [1.165, 1.54) is 17.1 Å². The molecule has 3 rings (SSSR count). The molecule has 8 heteroatoms. The fourth-order valence-corrected chi connectivity index (χ4v) is 2.46. The number of esters is 1. The Morgan fingerprint density at radius 2 is 2.08 bits per heavy atom. The Kier molecular flexibility index (Phi) is 4.57. The Labute approximate surface area is 137 Å². The van der Waals surface area contributed by atoms with Crippen LogP contribution in [-0.2, 0) is 9.47 Å². The van der Waals surface area contributed by atoms with Gasteiger partial charge in [-0.05, 0) is 12.1 Å². The molecule has 2 aromatic rings. The summed E-state index contributed by atoms with van der Waals surface area (Å²) in [5, 5.41) is 29.0. The molecule has 0 aliphatic carbocycles. The van der Waals surface area contributed by atoms with Crippen LogP contribution >= 0.6 is 0 Å². The standard InChI is InChI=1S/C16H15N3O5/c17-6-11-7-19(9-18-11)15-14(21)13(20)12(24-15)8-23-16(22)10-4-2-1-3-5-10/h1-5,7,9,12-15,20-21H,8H2/t12-,13-,14-,15-/m1/s1. The molecule has 1 aliphatic rings. The van der Waals surface area contributed by atoms with E-state index in [1.54, 1.807) is 30.3 Å². The number of ether oxygens (including phenoxy) is 2. The summed E-state index contributed by atoms with van der Waals surface area (Å²) < 4.78 is 12.1. The summed E-state index contributed by atoms with van der Waals surface area (Å²) in [4.78, 5) is 15.7. The number of hydrogen-bond donors (Lipinski definition) is 2. The summed E-state index contributed by atoms with van der Waals surface area (Å²) in [6.45, 7) is -0.206. The summed E-state index contributed by atoms with van der Waals surface area (Å²) in [7, 11) is 0. The van der Waals surface area contributed by atoms with E-state index in [0.717, 1.165) is 0 Å². The van der Waals surface area contributed by atoms with E-state index in [1.807, 2.05) is 6.07 Å². The summed E-state index contributed by atoms with van der Waals surface area (Å²) >= 11 is 0. The largest absolute Gasteiger partial charge is 0.459 e. The summed E-state index contributed by atoms with van der Waals surface area (Å²) in [6.07, 6.45) is -1.52. The van der Waals surface area contributed by atoms with Crippen LogP contribution in [0.4, 0.5) is 0 Å². The second-order valence-electron chi connectivity index (χ2n) is 5.33. The molecule has 1 aliphatic heterocycles. The van der Waals surface area contributed by atoms with E-state index in [0.29, 0.717) is 5.56 Å². The number of aliphatic hydroxyl groups is 2. The van der Waals surface area contributed by atoms with Crippen molar-refractivity contribution in [3.05, 3.63) is 54.1 Å². The van der Waals surface area contributed by atoms with Gasteiger partial charge in [-0.1, -0.05) is 18.2 Å². The van der Waals surface area contributed by atoms with Gasteiger partial charge in [0.25, 0.3) is 0 Å². The van der Waals surface area contributed by atoms with E-state index in [9.17, 15) is 15.0 Å². The van der Waals surface area contributed by atoms with Crippen molar-refractivity contribution < 1.29 is 24.5 Å². The van der Waals surface area contributed by atoms with Crippen molar-refractivity contribution in [3.63, 3.8) is 0 Å². The van der Waals surface area contributed by atoms with E-state index >= 15 is 0 Å². The molecular formula is C16H15N3O5. The number of aliphatic hydroxyl groups excluding tert-OH is 2. The van der Waals surface area contributed by atoms with Gasteiger partial charge in [0.1, 0.15) is 31.0 Å². The van der Waals surface area contributed by atoms with Crippen molar-refractivity contribution >= 4 is 5.97 Å². The first kappa shape index (κ1) is 16.1. The molecule has 24 heavy (non-hydrogen) atoms. The number of nitrogens with zero attached hydrogens (tertiary/aromatic N) is 3. The maximum atomic E-state index is 11.9. The average Bonchev–Trinajstić information content (AvgIpc) is 3.20. The number of carbonyl (C=O) groups excluding carboxylic acids is 1. The topological polar surface area (TPSA) is 118 Å². The van der Waals surface area contributed by atoms with Gasteiger partial charge in [0.15, 0.2) is 11.9 Å². The van der Waals surface area contributed by atoms with Crippen molar-refractivity contribution in [2.45, 2.75) is 24.5 Å². The Bertz CT molecular complexity index is 755. The van der Waals surface area contributed by atoms with E-state index in [-0.39, 0.29) is 12.3 Å². The maximum absolute atomic E-state index is 11.9. The summed E-state index contributed by atoms with van der Waals surface area (Å²) in [6, 6.07) is 10.3. The number of nitriles is 1. The van der Waals surface area contributed by atoms with Gasteiger partial charge in [-0.3, -0.25) is 0 Å². The molecule has 4 atom stereocenters. The molecule has 124 valence electrons. The molecule has 1 aromatic carbocycles. The second-order valence-corrected chi connectivity index (χ2v) is 5.33. The highest BCUT2D eigenvalue weighted by molar-refractivity contribution is 5.89. The Hall–Kier alpha value is -2.73. The van der Waals surface area contributed by atoms with Gasteiger partial charge in [0.05, 0.1) is 11.9 Å².